The molecule has 0 saturated heterocycles. The second-order valence-electron chi connectivity index (χ2n) is 4.78. The highest BCUT2D eigenvalue weighted by Crippen LogP contribution is 2.18. The molecule has 0 fully saturated rings. The number of methoxy groups -OCH3 is 1. The van der Waals surface area contributed by atoms with Crippen LogP contribution in [0.3, 0.4) is 0 Å². The zero-order valence-electron chi connectivity index (χ0n) is 12.7. The maximum atomic E-state index is 10.0. The molecule has 21 heavy (non-hydrogen) atoms. The van der Waals surface area contributed by atoms with Gasteiger partial charge >= 0.3 is 0 Å². The van der Waals surface area contributed by atoms with E-state index in [1.807, 2.05) is 36.4 Å². The molecule has 0 bridgehead atoms. The Morgan fingerprint density at radius 1 is 1.24 bits per heavy atom. The van der Waals surface area contributed by atoms with Crippen molar-refractivity contribution in [3.8, 4) is 5.75 Å². The number of aliphatic hydroxyl groups is 1. The van der Waals surface area contributed by atoms with Crippen LogP contribution in [0.2, 0.25) is 0 Å². The Morgan fingerprint density at radius 2 is 1.90 bits per heavy atom. The van der Waals surface area contributed by atoms with Gasteiger partial charge in [0.15, 0.2) is 0 Å². The van der Waals surface area contributed by atoms with Crippen LogP contribution in [0, 0.1) is 0 Å². The van der Waals surface area contributed by atoms with Crippen molar-refractivity contribution in [3.05, 3.63) is 55.1 Å². The summed E-state index contributed by atoms with van der Waals surface area (Å²) in [5, 5.41) is 10.0. The van der Waals surface area contributed by atoms with Crippen molar-refractivity contribution in [2.24, 2.45) is 0 Å². The summed E-state index contributed by atoms with van der Waals surface area (Å²) in [6, 6.07) is 7.70. The standard InChI is InChI=1S/C17H25NO3/c1-4-10-18(11-5-2)12-16(19)14-21-13-15-8-6-7-9-17(15)20-3/h4-9,16,19H,1-2,10-14H2,3H3/t16-/m0/s1. The number of aliphatic hydroxyl groups excluding tert-OH is 1. The van der Waals surface area contributed by atoms with Gasteiger partial charge in [0.05, 0.1) is 26.4 Å². The minimum atomic E-state index is -0.542. The number of benzene rings is 1. The van der Waals surface area contributed by atoms with Crippen LogP contribution in [0.4, 0.5) is 0 Å². The van der Waals surface area contributed by atoms with Gasteiger partial charge in [0.2, 0.25) is 0 Å². The van der Waals surface area contributed by atoms with Crippen LogP contribution >= 0.6 is 0 Å². The van der Waals surface area contributed by atoms with Gasteiger partial charge in [-0.05, 0) is 6.07 Å². The molecule has 4 heteroatoms. The van der Waals surface area contributed by atoms with Gasteiger partial charge in [-0.1, -0.05) is 30.4 Å². The molecular weight excluding hydrogens is 266 g/mol. The van der Waals surface area contributed by atoms with Crippen molar-refractivity contribution in [2.75, 3.05) is 33.4 Å². The fraction of sp³-hybridized carbons (Fsp3) is 0.412. The summed E-state index contributed by atoms with van der Waals surface area (Å²) in [6.45, 7) is 10.1. The molecule has 1 rings (SSSR count). The van der Waals surface area contributed by atoms with E-state index >= 15 is 0 Å². The summed E-state index contributed by atoms with van der Waals surface area (Å²) < 4.78 is 10.8. The normalized spacial score (nSPS) is 12.1. The molecule has 0 aromatic heterocycles. The van der Waals surface area contributed by atoms with Crippen LogP contribution in [0.25, 0.3) is 0 Å². The molecule has 1 atom stereocenters. The van der Waals surface area contributed by atoms with Crippen LogP contribution in [-0.4, -0.2) is 49.5 Å². The number of para-hydroxylation sites is 1. The minimum Gasteiger partial charge on any atom is -0.496 e. The molecule has 0 aliphatic rings. The lowest BCUT2D eigenvalue weighted by Gasteiger charge is -2.22. The van der Waals surface area contributed by atoms with E-state index in [9.17, 15) is 5.11 Å². The van der Waals surface area contributed by atoms with E-state index in [0.29, 0.717) is 13.2 Å². The van der Waals surface area contributed by atoms with Crippen molar-refractivity contribution in [1.29, 1.82) is 0 Å². The van der Waals surface area contributed by atoms with Crippen molar-refractivity contribution >= 4 is 0 Å². The smallest absolute Gasteiger partial charge is 0.124 e. The summed E-state index contributed by atoms with van der Waals surface area (Å²) in [6.07, 6.45) is 3.08. The van der Waals surface area contributed by atoms with Crippen LogP contribution in [0.1, 0.15) is 5.56 Å². The Bertz CT molecular complexity index is 424. The van der Waals surface area contributed by atoms with Gasteiger partial charge < -0.3 is 14.6 Å². The number of hydrogen-bond donors (Lipinski definition) is 1. The molecule has 0 spiro atoms. The van der Waals surface area contributed by atoms with Gasteiger partial charge in [-0.25, -0.2) is 0 Å². The molecule has 0 aliphatic heterocycles. The first kappa shape index (κ1) is 17.4. The first-order chi connectivity index (χ1) is 10.2. The largest absolute Gasteiger partial charge is 0.496 e. The van der Waals surface area contributed by atoms with E-state index < -0.39 is 6.10 Å². The number of nitrogens with zero attached hydrogens (tertiary/aromatic N) is 1. The van der Waals surface area contributed by atoms with Crippen LogP contribution in [-0.2, 0) is 11.3 Å². The average Bonchev–Trinajstić information content (AvgIpc) is 2.48. The molecule has 1 aromatic rings. The van der Waals surface area contributed by atoms with Gasteiger partial charge in [-0.2, -0.15) is 0 Å². The quantitative estimate of drug-likeness (QED) is 0.635. The topological polar surface area (TPSA) is 41.9 Å². The van der Waals surface area contributed by atoms with Crippen molar-refractivity contribution in [2.45, 2.75) is 12.7 Å². The maximum Gasteiger partial charge on any atom is 0.124 e. The SMILES string of the molecule is C=CCN(CC=C)C[C@H](O)COCc1ccccc1OC. The highest BCUT2D eigenvalue weighted by atomic mass is 16.5. The lowest BCUT2D eigenvalue weighted by molar-refractivity contribution is 0.0127. The summed E-state index contributed by atoms with van der Waals surface area (Å²) in [7, 11) is 1.64. The van der Waals surface area contributed by atoms with E-state index in [4.69, 9.17) is 9.47 Å². The van der Waals surface area contributed by atoms with Gasteiger partial charge in [0, 0.05) is 25.2 Å². The van der Waals surface area contributed by atoms with Crippen LogP contribution in [0.15, 0.2) is 49.6 Å². The molecule has 116 valence electrons. The highest BCUT2D eigenvalue weighted by molar-refractivity contribution is 5.32. The predicted molar refractivity (Wildman–Crippen MR) is 85.5 cm³/mol. The van der Waals surface area contributed by atoms with E-state index in [1.165, 1.54) is 0 Å². The Hall–Kier alpha value is -1.62. The molecule has 1 N–H and O–H groups in total. The van der Waals surface area contributed by atoms with E-state index in [0.717, 1.165) is 24.4 Å². The van der Waals surface area contributed by atoms with E-state index in [2.05, 4.69) is 18.1 Å². The third-order valence-electron chi connectivity index (χ3n) is 3.00. The first-order valence-corrected chi connectivity index (χ1v) is 7.03. The second-order valence-corrected chi connectivity index (χ2v) is 4.78. The van der Waals surface area contributed by atoms with Gasteiger partial charge in [0.25, 0.3) is 0 Å². The third-order valence-corrected chi connectivity index (χ3v) is 3.00. The van der Waals surface area contributed by atoms with Gasteiger partial charge in [-0.15, -0.1) is 13.2 Å². The molecule has 0 saturated carbocycles. The van der Waals surface area contributed by atoms with E-state index in [1.54, 1.807) is 7.11 Å². The summed E-state index contributed by atoms with van der Waals surface area (Å²) in [4.78, 5) is 2.05. The molecule has 0 radical (unpaired) electrons. The molecule has 0 heterocycles. The summed E-state index contributed by atoms with van der Waals surface area (Å²) in [5.41, 5.74) is 0.973. The highest BCUT2D eigenvalue weighted by Gasteiger charge is 2.10. The fourth-order valence-electron chi connectivity index (χ4n) is 2.07. The maximum absolute atomic E-state index is 10.0. The van der Waals surface area contributed by atoms with E-state index in [-0.39, 0.29) is 6.61 Å². The predicted octanol–water partition coefficient (Wildman–Crippen LogP) is 2.25. The monoisotopic (exact) mass is 291 g/mol. The summed E-state index contributed by atoms with van der Waals surface area (Å²) in [5.74, 6) is 0.798. The minimum absolute atomic E-state index is 0.281. The number of rotatable bonds is 11. The Kier molecular flexibility index (Phi) is 8.43. The molecular formula is C17H25NO3. The van der Waals surface area contributed by atoms with Crippen LogP contribution in [0.5, 0.6) is 5.75 Å². The first-order valence-electron chi connectivity index (χ1n) is 7.03. The average molecular weight is 291 g/mol. The van der Waals surface area contributed by atoms with Crippen molar-refractivity contribution in [1.82, 2.24) is 4.90 Å². The number of hydrogen-bond acceptors (Lipinski definition) is 4. The zero-order valence-corrected chi connectivity index (χ0v) is 12.7. The lowest BCUT2D eigenvalue weighted by Crippen LogP contribution is -2.35. The Morgan fingerprint density at radius 3 is 2.52 bits per heavy atom. The molecule has 0 unspecified atom stereocenters. The molecule has 4 nitrogen and oxygen atoms in total. The Balaban J connectivity index is 2.36. The second kappa shape index (κ2) is 10.2. The fourth-order valence-corrected chi connectivity index (χ4v) is 2.07. The third kappa shape index (κ3) is 6.58. The van der Waals surface area contributed by atoms with Crippen LogP contribution < -0.4 is 4.74 Å². The Labute approximate surface area is 127 Å². The van der Waals surface area contributed by atoms with Crippen molar-refractivity contribution in [3.63, 3.8) is 0 Å². The molecule has 1 aromatic carbocycles. The van der Waals surface area contributed by atoms with Crippen molar-refractivity contribution < 1.29 is 14.6 Å². The summed E-state index contributed by atoms with van der Waals surface area (Å²) >= 11 is 0. The number of ether oxygens (including phenoxy) is 2. The van der Waals surface area contributed by atoms with Gasteiger partial charge in [-0.3, -0.25) is 4.90 Å². The lowest BCUT2D eigenvalue weighted by atomic mass is 10.2. The molecule has 0 amide bonds. The molecule has 0 aliphatic carbocycles. The zero-order chi connectivity index (χ0) is 15.5. The van der Waals surface area contributed by atoms with Gasteiger partial charge in [0.1, 0.15) is 5.75 Å².